The summed E-state index contributed by atoms with van der Waals surface area (Å²) in [6.07, 6.45) is 6.74. The summed E-state index contributed by atoms with van der Waals surface area (Å²) in [5.74, 6) is 0.887. The van der Waals surface area contributed by atoms with Gasteiger partial charge in [0.1, 0.15) is 5.82 Å². The molecule has 5 heterocycles. The highest BCUT2D eigenvalue weighted by molar-refractivity contribution is 7.17. The average Bonchev–Trinajstić information content (AvgIpc) is 3.22. The smallest absolute Gasteiger partial charge is 0.319 e. The Morgan fingerprint density at radius 1 is 1.30 bits per heavy atom. The van der Waals surface area contributed by atoms with E-state index in [-0.39, 0.29) is 18.0 Å². The molecule has 3 fully saturated rings. The third-order valence-electron chi connectivity index (χ3n) is 6.05. The van der Waals surface area contributed by atoms with Gasteiger partial charge in [0.25, 0.3) is 5.91 Å². The minimum Gasteiger partial charge on any atom is -0.367 e. The van der Waals surface area contributed by atoms with Crippen LogP contribution in [-0.2, 0) is 0 Å². The average molecular weight is 465 g/mol. The lowest BCUT2D eigenvalue weighted by Crippen LogP contribution is -2.31. The predicted octanol–water partition coefficient (Wildman–Crippen LogP) is 1.86. The molecule has 3 aromatic heterocycles. The van der Waals surface area contributed by atoms with Crippen LogP contribution >= 0.6 is 11.3 Å². The second-order valence-corrected chi connectivity index (χ2v) is 9.81. The Labute approximate surface area is 193 Å². The zero-order chi connectivity index (χ0) is 22.5. The van der Waals surface area contributed by atoms with Crippen LogP contribution in [0.3, 0.4) is 0 Å². The van der Waals surface area contributed by atoms with Crippen LogP contribution in [0, 0.1) is 0 Å². The van der Waals surface area contributed by atoms with E-state index in [4.69, 9.17) is 10.7 Å². The van der Waals surface area contributed by atoms with Crippen molar-refractivity contribution in [1.82, 2.24) is 30.1 Å². The van der Waals surface area contributed by atoms with Crippen LogP contribution in [0.4, 0.5) is 10.6 Å². The zero-order valence-electron chi connectivity index (χ0n) is 17.9. The van der Waals surface area contributed by atoms with Crippen molar-refractivity contribution in [3.8, 4) is 10.6 Å². The Bertz CT molecular complexity index is 1290. The topological polar surface area (TPSA) is 130 Å². The second kappa shape index (κ2) is 7.85. The number of nitrogens with one attached hydrogen (secondary N) is 3. The number of aromatic nitrogens is 3. The summed E-state index contributed by atoms with van der Waals surface area (Å²) < 4.78 is 1.80. The first-order valence-corrected chi connectivity index (χ1v) is 11.9. The Morgan fingerprint density at radius 3 is 2.91 bits per heavy atom. The van der Waals surface area contributed by atoms with Crippen molar-refractivity contribution in [3.05, 3.63) is 40.5 Å². The van der Waals surface area contributed by atoms with Gasteiger partial charge in [0.2, 0.25) is 0 Å². The number of hydrogen-bond acceptors (Lipinski definition) is 7. The fraction of sp³-hybridized carbons (Fsp3) is 0.364. The number of amides is 3. The fourth-order valence-electron chi connectivity index (χ4n) is 4.15. The summed E-state index contributed by atoms with van der Waals surface area (Å²) in [6, 6.07) is 6.08. The van der Waals surface area contributed by atoms with Gasteiger partial charge in [-0.15, -0.1) is 11.3 Å². The molecule has 0 spiro atoms. The number of fused-ring (bicyclic) bond motifs is 1. The van der Waals surface area contributed by atoms with E-state index in [2.05, 4.69) is 21.0 Å². The third-order valence-corrected chi connectivity index (χ3v) is 7.15. The van der Waals surface area contributed by atoms with Crippen LogP contribution in [0.15, 0.2) is 30.1 Å². The number of nitrogens with two attached hydrogens (primary N) is 1. The summed E-state index contributed by atoms with van der Waals surface area (Å²) in [5.41, 5.74) is 9.03. The monoisotopic (exact) mass is 464 g/mol. The molecule has 3 aromatic rings. The lowest BCUT2D eigenvalue weighted by Gasteiger charge is -2.14. The molecule has 11 heteroatoms. The number of urea groups is 1. The number of nitrogens with zero attached hydrogens (tertiary/aromatic N) is 4. The third kappa shape index (κ3) is 3.93. The van der Waals surface area contributed by atoms with Crippen LogP contribution in [-0.4, -0.2) is 63.2 Å². The van der Waals surface area contributed by atoms with Gasteiger partial charge in [-0.3, -0.25) is 4.79 Å². The summed E-state index contributed by atoms with van der Waals surface area (Å²) in [6.45, 7) is 1.75. The standard InChI is InChI=1S/C22H24N8O2S/c23-13-5-6-29(11-13)21(31)18-4-3-17(33-18)16-8-19(26-14-1-2-14)30-20(28-16)12(9-25-30)7-15-10-24-22(32)27-15/h3-4,7-9,13-14,26H,1-2,5-6,10-11,23H2,(H2,24,27,32)/b15-7-. The first-order valence-electron chi connectivity index (χ1n) is 11.1. The van der Waals surface area contributed by atoms with Crippen molar-refractivity contribution in [2.24, 2.45) is 5.73 Å². The molecule has 1 unspecified atom stereocenters. The van der Waals surface area contributed by atoms with E-state index in [1.54, 1.807) is 10.7 Å². The summed E-state index contributed by atoms with van der Waals surface area (Å²) in [7, 11) is 0. The van der Waals surface area contributed by atoms with E-state index < -0.39 is 0 Å². The lowest BCUT2D eigenvalue weighted by atomic mass is 10.2. The molecule has 6 rings (SSSR count). The van der Waals surface area contributed by atoms with Gasteiger partial charge in [-0.2, -0.15) is 9.61 Å². The van der Waals surface area contributed by atoms with Gasteiger partial charge < -0.3 is 26.6 Å². The second-order valence-electron chi connectivity index (χ2n) is 8.72. The Kier molecular flexibility index (Phi) is 4.80. The maximum absolute atomic E-state index is 12.9. The normalized spacial score (nSPS) is 21.6. The van der Waals surface area contributed by atoms with Crippen molar-refractivity contribution < 1.29 is 9.59 Å². The SMILES string of the molecule is NC1CCN(C(=O)c2ccc(-c3cc(NC4CC4)n4ncc(/C=C5/CNC(=O)N5)c4n3)s2)C1. The van der Waals surface area contributed by atoms with Crippen molar-refractivity contribution in [2.75, 3.05) is 25.0 Å². The molecule has 1 saturated carbocycles. The number of thiophene rings is 1. The molecule has 2 saturated heterocycles. The highest BCUT2D eigenvalue weighted by atomic mass is 32.1. The molecule has 3 aliphatic rings. The summed E-state index contributed by atoms with van der Waals surface area (Å²) in [5, 5.41) is 13.6. The number of carbonyl (C=O) groups excluding carboxylic acids is 2. The molecule has 0 aromatic carbocycles. The van der Waals surface area contributed by atoms with Crippen molar-refractivity contribution in [1.29, 1.82) is 0 Å². The Balaban J connectivity index is 1.37. The predicted molar refractivity (Wildman–Crippen MR) is 126 cm³/mol. The first kappa shape index (κ1) is 20.2. The van der Waals surface area contributed by atoms with E-state index in [1.165, 1.54) is 11.3 Å². The molecule has 0 bridgehead atoms. The van der Waals surface area contributed by atoms with Gasteiger partial charge in [-0.05, 0) is 37.5 Å². The highest BCUT2D eigenvalue weighted by Gasteiger charge is 2.27. The van der Waals surface area contributed by atoms with Gasteiger partial charge >= 0.3 is 6.03 Å². The molecule has 2 aliphatic heterocycles. The largest absolute Gasteiger partial charge is 0.367 e. The van der Waals surface area contributed by atoms with Gasteiger partial charge in [0, 0.05) is 42.5 Å². The minimum absolute atomic E-state index is 0.0239. The van der Waals surface area contributed by atoms with Crippen molar-refractivity contribution >= 4 is 40.8 Å². The molecule has 5 N–H and O–H groups in total. The Hall–Kier alpha value is -3.44. The molecule has 0 radical (unpaired) electrons. The van der Waals surface area contributed by atoms with Crippen LogP contribution in [0.1, 0.15) is 34.5 Å². The molecule has 1 aliphatic carbocycles. The zero-order valence-corrected chi connectivity index (χ0v) is 18.7. The maximum atomic E-state index is 12.9. The highest BCUT2D eigenvalue weighted by Crippen LogP contribution is 2.33. The number of rotatable bonds is 5. The van der Waals surface area contributed by atoms with E-state index in [0.717, 1.165) is 46.9 Å². The van der Waals surface area contributed by atoms with Crippen molar-refractivity contribution in [2.45, 2.75) is 31.3 Å². The van der Waals surface area contributed by atoms with E-state index in [9.17, 15) is 9.59 Å². The van der Waals surface area contributed by atoms with Gasteiger partial charge in [-0.25, -0.2) is 9.78 Å². The van der Waals surface area contributed by atoms with Crippen LogP contribution in [0.25, 0.3) is 22.3 Å². The van der Waals surface area contributed by atoms with E-state index in [1.807, 2.05) is 29.2 Å². The molecule has 33 heavy (non-hydrogen) atoms. The van der Waals surface area contributed by atoms with E-state index >= 15 is 0 Å². The van der Waals surface area contributed by atoms with Crippen molar-refractivity contribution in [3.63, 3.8) is 0 Å². The van der Waals surface area contributed by atoms with Gasteiger partial charge in [0.05, 0.1) is 28.2 Å². The first-order chi connectivity index (χ1) is 16.0. The maximum Gasteiger partial charge on any atom is 0.319 e. The molecule has 10 nitrogen and oxygen atoms in total. The fourth-order valence-corrected chi connectivity index (χ4v) is 5.08. The molecular weight excluding hydrogens is 440 g/mol. The van der Waals surface area contributed by atoms with Crippen LogP contribution in [0.5, 0.6) is 0 Å². The number of carbonyl (C=O) groups is 2. The molecular formula is C22H24N8O2S. The molecule has 3 amide bonds. The minimum atomic E-state index is -0.211. The Morgan fingerprint density at radius 2 is 2.18 bits per heavy atom. The van der Waals surface area contributed by atoms with Gasteiger partial charge in [-0.1, -0.05) is 0 Å². The molecule has 1 atom stereocenters. The summed E-state index contributed by atoms with van der Waals surface area (Å²) >= 11 is 1.44. The number of hydrogen-bond donors (Lipinski definition) is 4. The quantitative estimate of drug-likeness (QED) is 0.456. The molecule has 170 valence electrons. The van der Waals surface area contributed by atoms with Gasteiger partial charge in [0.15, 0.2) is 5.65 Å². The van der Waals surface area contributed by atoms with Crippen LogP contribution in [0.2, 0.25) is 0 Å². The van der Waals surface area contributed by atoms with E-state index in [0.29, 0.717) is 36.2 Å². The number of anilines is 1. The lowest BCUT2D eigenvalue weighted by molar-refractivity contribution is 0.0795. The van der Waals surface area contributed by atoms with Crippen LogP contribution < -0.4 is 21.7 Å². The number of likely N-dealkylation sites (tertiary alicyclic amines) is 1. The summed E-state index contributed by atoms with van der Waals surface area (Å²) in [4.78, 5) is 32.7.